The van der Waals surface area contributed by atoms with Crippen LogP contribution in [-0.4, -0.2) is 66.1 Å². The number of aryl methyl sites for hydroxylation is 1. The van der Waals surface area contributed by atoms with Gasteiger partial charge in [0.05, 0.1) is 23.7 Å². The van der Waals surface area contributed by atoms with Gasteiger partial charge in [0, 0.05) is 31.9 Å². The molecule has 1 aliphatic carbocycles. The Morgan fingerprint density at radius 2 is 2.09 bits per heavy atom. The van der Waals surface area contributed by atoms with Crippen molar-refractivity contribution in [3.05, 3.63) is 53.1 Å². The minimum atomic E-state index is -2.96. The molecule has 2 aromatic rings. The Kier molecular flexibility index (Phi) is 7.03. The molecule has 5 rings (SSSR count). The number of aromatic hydroxyl groups is 1. The monoisotopic (exact) mass is 499 g/mol. The van der Waals surface area contributed by atoms with Crippen LogP contribution in [0.15, 0.2) is 30.5 Å². The molecule has 1 aromatic heterocycles. The van der Waals surface area contributed by atoms with E-state index in [1.165, 1.54) is 23.0 Å². The molecule has 8 nitrogen and oxygen atoms in total. The van der Waals surface area contributed by atoms with Gasteiger partial charge in [-0.1, -0.05) is 19.1 Å². The number of imidazole rings is 1. The quantitative estimate of drug-likeness (QED) is 0.464. The number of rotatable bonds is 7. The average Bonchev–Trinajstić information content (AvgIpc) is 3.49. The molecule has 2 aliphatic heterocycles. The van der Waals surface area contributed by atoms with Crippen LogP contribution in [0.1, 0.15) is 67.2 Å². The van der Waals surface area contributed by atoms with Crippen molar-refractivity contribution in [3.8, 4) is 5.75 Å². The van der Waals surface area contributed by atoms with E-state index in [0.717, 1.165) is 56.7 Å². The van der Waals surface area contributed by atoms with Crippen molar-refractivity contribution in [1.29, 1.82) is 0 Å². The zero-order chi connectivity index (χ0) is 24.6. The van der Waals surface area contributed by atoms with Crippen molar-refractivity contribution in [3.63, 3.8) is 0 Å². The van der Waals surface area contributed by atoms with Gasteiger partial charge in [-0.2, -0.15) is 0 Å². The molecule has 0 amide bonds. The van der Waals surface area contributed by atoms with Gasteiger partial charge in [-0.3, -0.25) is 10.3 Å². The van der Waals surface area contributed by atoms with Gasteiger partial charge in [0.2, 0.25) is 0 Å². The van der Waals surface area contributed by atoms with Crippen LogP contribution in [0, 0.1) is 5.92 Å². The fraction of sp³-hybridized carbons (Fsp3) is 0.577. The van der Waals surface area contributed by atoms with Gasteiger partial charge in [-0.15, -0.1) is 0 Å². The van der Waals surface area contributed by atoms with Crippen LogP contribution < -0.4 is 10.9 Å². The molecule has 0 spiro atoms. The van der Waals surface area contributed by atoms with Crippen LogP contribution in [0.4, 0.5) is 0 Å². The Morgan fingerprint density at radius 3 is 2.89 bits per heavy atom. The maximum absolute atomic E-state index is 11.6. The summed E-state index contributed by atoms with van der Waals surface area (Å²) in [7, 11) is -2.96. The van der Waals surface area contributed by atoms with Gasteiger partial charge >= 0.3 is 0 Å². The second-order valence-electron chi connectivity index (χ2n) is 10.4. The highest BCUT2D eigenvalue weighted by atomic mass is 32.2. The Bertz CT molecular complexity index is 1190. The molecule has 3 heterocycles. The molecular formula is C26H37N5O3S. The Hall–Kier alpha value is -2.20. The predicted octanol–water partition coefficient (Wildman–Crippen LogP) is 2.91. The number of nitrogens with one attached hydrogen (secondary N) is 3. The summed E-state index contributed by atoms with van der Waals surface area (Å²) in [6, 6.07) is 6.36. The van der Waals surface area contributed by atoms with Gasteiger partial charge in [-0.25, -0.2) is 18.8 Å². The molecule has 1 saturated carbocycles. The van der Waals surface area contributed by atoms with E-state index in [2.05, 4.69) is 39.8 Å². The third-order valence-corrected chi connectivity index (χ3v) is 8.87. The molecule has 35 heavy (non-hydrogen) atoms. The first-order valence-electron chi connectivity index (χ1n) is 12.8. The predicted molar refractivity (Wildman–Crippen MR) is 138 cm³/mol. The number of nitrogens with zero attached hydrogens (tertiary/aromatic N) is 2. The van der Waals surface area contributed by atoms with Crippen LogP contribution in [-0.2, 0) is 16.3 Å². The Labute approximate surface area is 208 Å². The lowest BCUT2D eigenvalue weighted by Crippen LogP contribution is -2.35. The highest BCUT2D eigenvalue weighted by Gasteiger charge is 2.42. The number of H-pyrrole nitrogens is 1. The van der Waals surface area contributed by atoms with Crippen molar-refractivity contribution in [1.82, 2.24) is 25.7 Å². The second kappa shape index (κ2) is 10.0. The van der Waals surface area contributed by atoms with Gasteiger partial charge in [0.1, 0.15) is 21.4 Å². The summed E-state index contributed by atoms with van der Waals surface area (Å²) in [6.07, 6.45) is 10.6. The van der Waals surface area contributed by atoms with Crippen LogP contribution >= 0.6 is 0 Å². The van der Waals surface area contributed by atoms with Gasteiger partial charge in [-0.05, 0) is 72.8 Å². The SMILES string of the molecule is CCc1cc(O)ccc1C1CCC2C(C1)NNC2c1ncc(C2=CCCN(CCS(C)(=O)=O)C2)[nH]1. The van der Waals surface area contributed by atoms with Crippen LogP contribution in [0.2, 0.25) is 0 Å². The topological polar surface area (TPSA) is 110 Å². The smallest absolute Gasteiger partial charge is 0.148 e. The number of phenolic OH excluding ortho intramolecular Hbond substituents is 1. The van der Waals surface area contributed by atoms with E-state index in [1.807, 2.05) is 18.3 Å². The number of aromatic nitrogens is 2. The highest BCUT2D eigenvalue weighted by molar-refractivity contribution is 7.90. The van der Waals surface area contributed by atoms with E-state index >= 15 is 0 Å². The maximum Gasteiger partial charge on any atom is 0.148 e. The van der Waals surface area contributed by atoms with Crippen LogP contribution in [0.25, 0.3) is 5.57 Å². The van der Waals surface area contributed by atoms with Crippen molar-refractivity contribution in [2.75, 3.05) is 31.6 Å². The fourth-order valence-electron chi connectivity index (χ4n) is 6.06. The molecule has 190 valence electrons. The van der Waals surface area contributed by atoms with E-state index in [4.69, 9.17) is 4.98 Å². The third-order valence-electron chi connectivity index (χ3n) is 7.95. The minimum absolute atomic E-state index is 0.144. The minimum Gasteiger partial charge on any atom is -0.508 e. The lowest BCUT2D eigenvalue weighted by molar-refractivity contribution is 0.276. The van der Waals surface area contributed by atoms with Crippen molar-refractivity contribution < 1.29 is 13.5 Å². The van der Waals surface area contributed by atoms with E-state index in [1.54, 1.807) is 0 Å². The van der Waals surface area contributed by atoms with Crippen LogP contribution in [0.5, 0.6) is 5.75 Å². The molecule has 0 radical (unpaired) electrons. The summed E-state index contributed by atoms with van der Waals surface area (Å²) < 4.78 is 23.1. The Balaban J connectivity index is 1.23. The normalized spacial score (nSPS) is 27.5. The van der Waals surface area contributed by atoms with Gasteiger partial charge in [0.15, 0.2) is 0 Å². The highest BCUT2D eigenvalue weighted by Crippen LogP contribution is 2.44. The summed E-state index contributed by atoms with van der Waals surface area (Å²) in [5.41, 5.74) is 11.9. The zero-order valence-corrected chi connectivity index (χ0v) is 21.4. The molecule has 1 saturated heterocycles. The molecule has 0 bridgehead atoms. The number of aromatic amines is 1. The Morgan fingerprint density at radius 1 is 1.23 bits per heavy atom. The average molecular weight is 500 g/mol. The number of hydrogen-bond donors (Lipinski definition) is 4. The van der Waals surface area contributed by atoms with Crippen molar-refractivity contribution >= 4 is 15.4 Å². The summed E-state index contributed by atoms with van der Waals surface area (Å²) in [5.74, 6) is 2.48. The first kappa shape index (κ1) is 24.5. The largest absolute Gasteiger partial charge is 0.508 e. The maximum atomic E-state index is 11.6. The van der Waals surface area contributed by atoms with Crippen molar-refractivity contribution in [2.24, 2.45) is 5.92 Å². The number of phenols is 1. The number of fused-ring (bicyclic) bond motifs is 1. The molecular weight excluding hydrogens is 462 g/mol. The van der Waals surface area contributed by atoms with E-state index < -0.39 is 9.84 Å². The lowest BCUT2D eigenvalue weighted by atomic mass is 9.73. The van der Waals surface area contributed by atoms with Crippen molar-refractivity contribution in [2.45, 2.75) is 57.0 Å². The number of hydrogen-bond acceptors (Lipinski definition) is 7. The number of benzene rings is 1. The molecule has 4 unspecified atom stereocenters. The molecule has 2 fully saturated rings. The first-order chi connectivity index (χ1) is 16.8. The second-order valence-corrected chi connectivity index (χ2v) is 12.6. The summed E-state index contributed by atoms with van der Waals surface area (Å²) >= 11 is 0. The molecule has 3 aliphatic rings. The third kappa shape index (κ3) is 5.48. The number of sulfone groups is 1. The van der Waals surface area contributed by atoms with E-state index in [0.29, 0.717) is 30.2 Å². The molecule has 4 atom stereocenters. The van der Waals surface area contributed by atoms with Crippen LogP contribution in [0.3, 0.4) is 0 Å². The van der Waals surface area contributed by atoms with E-state index in [9.17, 15) is 13.5 Å². The standard InChI is InChI=1S/C26H37N5O3S/c1-3-17-13-20(32)7-9-21(17)18-6-8-22-23(14-18)29-30-25(22)26-27-15-24(28-26)19-5-4-10-31(16-19)11-12-35(2,33)34/h5,7,9,13,15,18,22-23,25,29-30,32H,3-4,6,8,10-12,14,16H2,1-2H3,(H,27,28). The summed E-state index contributed by atoms with van der Waals surface area (Å²) in [4.78, 5) is 10.5. The van der Waals surface area contributed by atoms with E-state index in [-0.39, 0.29) is 11.8 Å². The molecule has 9 heteroatoms. The lowest BCUT2D eigenvalue weighted by Gasteiger charge is -2.33. The molecule has 1 aromatic carbocycles. The fourth-order valence-corrected chi connectivity index (χ4v) is 6.65. The first-order valence-corrected chi connectivity index (χ1v) is 14.8. The van der Waals surface area contributed by atoms with Gasteiger partial charge < -0.3 is 10.1 Å². The molecule has 4 N–H and O–H groups in total. The number of hydrazine groups is 1. The van der Waals surface area contributed by atoms with Gasteiger partial charge in [0.25, 0.3) is 0 Å². The zero-order valence-electron chi connectivity index (χ0n) is 20.6. The summed E-state index contributed by atoms with van der Waals surface area (Å²) in [5, 5.41) is 9.88. The summed E-state index contributed by atoms with van der Waals surface area (Å²) in [6.45, 7) is 4.35.